The topological polar surface area (TPSA) is 57.5 Å². The number of carbonyl (C=O) groups is 1. The molecule has 1 aromatic rings. The van der Waals surface area contributed by atoms with Gasteiger partial charge in [0.1, 0.15) is 11.3 Å². The minimum atomic E-state index is -1.11. The van der Waals surface area contributed by atoms with E-state index in [1.165, 1.54) is 6.07 Å². The molecule has 0 aliphatic heterocycles. The highest BCUT2D eigenvalue weighted by atomic mass is 16.4. The average Bonchev–Trinajstić information content (AvgIpc) is 2.26. The molecule has 0 atom stereocenters. The standard InChI is InChI=1S/C13H16O3/c1-2-3-4-5-7-10-8-6-9-11(12(10)14)13(15)16/h5-9,14H,2-4H2,1H3,(H,15,16)/b7-5+. The van der Waals surface area contributed by atoms with Gasteiger partial charge in [-0.05, 0) is 12.5 Å². The number of carboxylic acid groups (broad SMARTS) is 1. The SMILES string of the molecule is CCCC/C=C/c1cccc(C(=O)O)c1O. The van der Waals surface area contributed by atoms with Gasteiger partial charge in [0.25, 0.3) is 0 Å². The number of hydrogen-bond donors (Lipinski definition) is 2. The number of aromatic carboxylic acids is 1. The molecule has 0 unspecified atom stereocenters. The van der Waals surface area contributed by atoms with Crippen molar-refractivity contribution >= 4 is 12.0 Å². The van der Waals surface area contributed by atoms with E-state index in [4.69, 9.17) is 5.11 Å². The molecule has 0 bridgehead atoms. The smallest absolute Gasteiger partial charge is 0.339 e. The molecule has 0 fully saturated rings. The van der Waals surface area contributed by atoms with Gasteiger partial charge < -0.3 is 10.2 Å². The molecule has 0 aromatic heterocycles. The molecule has 3 nitrogen and oxygen atoms in total. The van der Waals surface area contributed by atoms with Crippen molar-refractivity contribution in [2.45, 2.75) is 26.2 Å². The Morgan fingerprint density at radius 1 is 1.44 bits per heavy atom. The Morgan fingerprint density at radius 2 is 2.19 bits per heavy atom. The number of hydrogen-bond acceptors (Lipinski definition) is 2. The number of allylic oxidation sites excluding steroid dienone is 1. The lowest BCUT2D eigenvalue weighted by atomic mass is 10.1. The van der Waals surface area contributed by atoms with Gasteiger partial charge in [-0.25, -0.2) is 4.79 Å². The van der Waals surface area contributed by atoms with Crippen molar-refractivity contribution in [3.8, 4) is 5.75 Å². The number of benzene rings is 1. The maximum Gasteiger partial charge on any atom is 0.339 e. The van der Waals surface area contributed by atoms with Crippen LogP contribution >= 0.6 is 0 Å². The fourth-order valence-electron chi connectivity index (χ4n) is 1.40. The number of carboxylic acids is 1. The van der Waals surface area contributed by atoms with Gasteiger partial charge in [-0.1, -0.05) is 44.1 Å². The molecule has 3 heteroatoms. The van der Waals surface area contributed by atoms with Crippen molar-refractivity contribution < 1.29 is 15.0 Å². The molecule has 0 saturated heterocycles. The normalized spacial score (nSPS) is 10.8. The largest absolute Gasteiger partial charge is 0.506 e. The molecule has 0 radical (unpaired) electrons. The van der Waals surface area contributed by atoms with E-state index in [2.05, 4.69) is 6.92 Å². The van der Waals surface area contributed by atoms with E-state index in [1.54, 1.807) is 18.2 Å². The van der Waals surface area contributed by atoms with Gasteiger partial charge in [0.05, 0.1) is 0 Å². The molecule has 0 amide bonds. The Labute approximate surface area is 95.0 Å². The van der Waals surface area contributed by atoms with Crippen LogP contribution in [0.2, 0.25) is 0 Å². The lowest BCUT2D eigenvalue weighted by Gasteiger charge is -2.02. The molecule has 0 aliphatic rings. The fourth-order valence-corrected chi connectivity index (χ4v) is 1.40. The third-order valence-corrected chi connectivity index (χ3v) is 2.32. The van der Waals surface area contributed by atoms with E-state index in [0.29, 0.717) is 5.56 Å². The van der Waals surface area contributed by atoms with Gasteiger partial charge >= 0.3 is 5.97 Å². The summed E-state index contributed by atoms with van der Waals surface area (Å²) in [6, 6.07) is 4.72. The number of rotatable bonds is 5. The van der Waals surface area contributed by atoms with E-state index in [1.807, 2.05) is 6.08 Å². The molecule has 0 saturated carbocycles. The summed E-state index contributed by atoms with van der Waals surface area (Å²) in [5.74, 6) is -1.27. The first-order valence-corrected chi connectivity index (χ1v) is 5.38. The van der Waals surface area contributed by atoms with E-state index in [9.17, 15) is 9.90 Å². The number of para-hydroxylation sites is 1. The van der Waals surface area contributed by atoms with Gasteiger partial charge in [0, 0.05) is 5.56 Å². The maximum atomic E-state index is 10.8. The molecular formula is C13H16O3. The Bertz CT molecular complexity index is 394. The Kier molecular flexibility index (Phi) is 4.58. The Hall–Kier alpha value is -1.77. The maximum absolute atomic E-state index is 10.8. The summed E-state index contributed by atoms with van der Waals surface area (Å²) in [6.07, 6.45) is 6.86. The van der Waals surface area contributed by atoms with Crippen molar-refractivity contribution in [1.29, 1.82) is 0 Å². The van der Waals surface area contributed by atoms with Crippen molar-refractivity contribution in [3.63, 3.8) is 0 Å². The van der Waals surface area contributed by atoms with E-state index in [0.717, 1.165) is 19.3 Å². The highest BCUT2D eigenvalue weighted by molar-refractivity contribution is 5.92. The van der Waals surface area contributed by atoms with Crippen LogP contribution in [-0.4, -0.2) is 16.2 Å². The first-order chi connectivity index (χ1) is 7.66. The first kappa shape index (κ1) is 12.3. The third-order valence-electron chi connectivity index (χ3n) is 2.32. The second kappa shape index (κ2) is 5.95. The van der Waals surface area contributed by atoms with E-state index >= 15 is 0 Å². The zero-order valence-corrected chi connectivity index (χ0v) is 9.31. The second-order valence-electron chi connectivity index (χ2n) is 3.59. The number of aromatic hydroxyl groups is 1. The summed E-state index contributed by atoms with van der Waals surface area (Å²) < 4.78 is 0. The zero-order chi connectivity index (χ0) is 12.0. The fraction of sp³-hybridized carbons (Fsp3) is 0.308. The van der Waals surface area contributed by atoms with Crippen LogP contribution in [0.4, 0.5) is 0 Å². The van der Waals surface area contributed by atoms with Gasteiger partial charge in [-0.2, -0.15) is 0 Å². The van der Waals surface area contributed by atoms with Crippen LogP contribution in [0.25, 0.3) is 6.08 Å². The van der Waals surface area contributed by atoms with Crippen molar-refractivity contribution in [1.82, 2.24) is 0 Å². The van der Waals surface area contributed by atoms with Gasteiger partial charge in [0.2, 0.25) is 0 Å². The summed E-state index contributed by atoms with van der Waals surface area (Å²) >= 11 is 0. The average molecular weight is 220 g/mol. The molecule has 1 rings (SSSR count). The Morgan fingerprint density at radius 3 is 2.81 bits per heavy atom. The molecule has 2 N–H and O–H groups in total. The third kappa shape index (κ3) is 3.12. The second-order valence-corrected chi connectivity index (χ2v) is 3.59. The lowest BCUT2D eigenvalue weighted by Crippen LogP contribution is -1.97. The molecule has 0 heterocycles. The molecule has 16 heavy (non-hydrogen) atoms. The van der Waals surface area contributed by atoms with E-state index in [-0.39, 0.29) is 11.3 Å². The summed E-state index contributed by atoms with van der Waals surface area (Å²) in [7, 11) is 0. The molecular weight excluding hydrogens is 204 g/mol. The highest BCUT2D eigenvalue weighted by Crippen LogP contribution is 2.23. The van der Waals surface area contributed by atoms with Gasteiger partial charge in [-0.15, -0.1) is 0 Å². The van der Waals surface area contributed by atoms with Crippen LogP contribution in [0.15, 0.2) is 24.3 Å². The van der Waals surface area contributed by atoms with Crippen LogP contribution in [0, 0.1) is 0 Å². The predicted octanol–water partition coefficient (Wildman–Crippen LogP) is 3.29. The van der Waals surface area contributed by atoms with Gasteiger partial charge in [-0.3, -0.25) is 0 Å². The molecule has 1 aromatic carbocycles. The molecule has 0 spiro atoms. The quantitative estimate of drug-likeness (QED) is 0.748. The van der Waals surface area contributed by atoms with Crippen molar-refractivity contribution in [2.24, 2.45) is 0 Å². The van der Waals surface area contributed by atoms with Crippen LogP contribution in [0.5, 0.6) is 5.75 Å². The summed E-state index contributed by atoms with van der Waals surface area (Å²) in [6.45, 7) is 2.11. The Balaban J connectivity index is 2.85. The molecule has 86 valence electrons. The first-order valence-electron chi connectivity index (χ1n) is 5.38. The van der Waals surface area contributed by atoms with Crippen molar-refractivity contribution in [3.05, 3.63) is 35.4 Å². The minimum Gasteiger partial charge on any atom is -0.506 e. The van der Waals surface area contributed by atoms with Gasteiger partial charge in [0.15, 0.2) is 0 Å². The number of phenols is 1. The summed E-state index contributed by atoms with van der Waals surface area (Å²) in [4.78, 5) is 10.8. The predicted molar refractivity (Wildman–Crippen MR) is 63.6 cm³/mol. The number of unbranched alkanes of at least 4 members (excludes halogenated alkanes) is 2. The zero-order valence-electron chi connectivity index (χ0n) is 9.31. The van der Waals surface area contributed by atoms with Crippen LogP contribution in [-0.2, 0) is 0 Å². The highest BCUT2D eigenvalue weighted by Gasteiger charge is 2.10. The van der Waals surface area contributed by atoms with E-state index < -0.39 is 5.97 Å². The van der Waals surface area contributed by atoms with Crippen LogP contribution in [0.1, 0.15) is 42.1 Å². The monoisotopic (exact) mass is 220 g/mol. The van der Waals surface area contributed by atoms with Crippen LogP contribution in [0.3, 0.4) is 0 Å². The minimum absolute atomic E-state index is 0.0577. The molecule has 0 aliphatic carbocycles. The summed E-state index contributed by atoms with van der Waals surface area (Å²) in [5, 5.41) is 18.5. The van der Waals surface area contributed by atoms with Crippen molar-refractivity contribution in [2.75, 3.05) is 0 Å². The lowest BCUT2D eigenvalue weighted by molar-refractivity contribution is 0.0693. The van der Waals surface area contributed by atoms with Crippen LogP contribution < -0.4 is 0 Å². The summed E-state index contributed by atoms with van der Waals surface area (Å²) in [5.41, 5.74) is 0.494.